The number of carbonyl (C=O) groups is 3. The Labute approximate surface area is 157 Å². The molecule has 8 heteroatoms. The first-order chi connectivity index (χ1) is 12.1. The zero-order valence-electron chi connectivity index (χ0n) is 14.0. The van der Waals surface area contributed by atoms with Crippen LogP contribution in [0.5, 0.6) is 0 Å². The van der Waals surface area contributed by atoms with E-state index >= 15 is 0 Å². The van der Waals surface area contributed by atoms with Crippen molar-refractivity contribution in [3.05, 3.63) is 53.5 Å². The first-order valence-corrected chi connectivity index (χ1v) is 8.16. The SMILES string of the molecule is O=C1CC[C@H](N2Cc3c(NCc4ccco4)cccc3C2=O)C(=O)N1.S. The molecule has 0 unspecified atom stereocenters. The number of furan rings is 1. The van der Waals surface area contributed by atoms with Gasteiger partial charge in [-0.3, -0.25) is 19.7 Å². The third-order valence-electron chi connectivity index (χ3n) is 4.62. The molecule has 0 aliphatic carbocycles. The smallest absolute Gasteiger partial charge is 0.255 e. The lowest BCUT2D eigenvalue weighted by Gasteiger charge is -2.29. The van der Waals surface area contributed by atoms with E-state index in [-0.39, 0.29) is 31.7 Å². The molecule has 136 valence electrons. The summed E-state index contributed by atoms with van der Waals surface area (Å²) in [6.45, 7) is 0.859. The van der Waals surface area contributed by atoms with Gasteiger partial charge in [0.15, 0.2) is 0 Å². The van der Waals surface area contributed by atoms with E-state index in [1.54, 1.807) is 17.2 Å². The van der Waals surface area contributed by atoms with E-state index in [4.69, 9.17) is 4.42 Å². The lowest BCUT2D eigenvalue weighted by atomic mass is 10.0. The quantitative estimate of drug-likeness (QED) is 0.797. The molecule has 2 aliphatic heterocycles. The predicted octanol–water partition coefficient (Wildman–Crippen LogP) is 1.77. The molecule has 1 aromatic heterocycles. The first-order valence-electron chi connectivity index (χ1n) is 8.16. The summed E-state index contributed by atoms with van der Waals surface area (Å²) in [5, 5.41) is 5.59. The number of carbonyl (C=O) groups excluding carboxylic acids is 3. The molecule has 0 radical (unpaired) electrons. The van der Waals surface area contributed by atoms with Gasteiger partial charge in [-0.1, -0.05) is 6.07 Å². The number of rotatable bonds is 4. The van der Waals surface area contributed by atoms with Crippen molar-refractivity contribution in [2.24, 2.45) is 0 Å². The van der Waals surface area contributed by atoms with Crippen LogP contribution in [0.3, 0.4) is 0 Å². The van der Waals surface area contributed by atoms with Crippen molar-refractivity contribution in [3.63, 3.8) is 0 Å². The standard InChI is InChI=1S/C18H17N3O4.H2S/c22-16-7-6-15(17(23)20-16)21-10-13-12(18(21)24)4-1-5-14(13)19-9-11-3-2-8-25-11;/h1-5,8,15,19H,6-7,9-10H2,(H,20,22,23);1H2/t15-;/m0./s1. The van der Waals surface area contributed by atoms with E-state index in [9.17, 15) is 14.4 Å². The van der Waals surface area contributed by atoms with E-state index in [1.807, 2.05) is 24.3 Å². The van der Waals surface area contributed by atoms with Crippen molar-refractivity contribution in [1.29, 1.82) is 0 Å². The molecule has 1 saturated heterocycles. The topological polar surface area (TPSA) is 91.7 Å². The van der Waals surface area contributed by atoms with E-state index in [0.717, 1.165) is 17.0 Å². The van der Waals surface area contributed by atoms with Crippen LogP contribution in [-0.4, -0.2) is 28.7 Å². The highest BCUT2D eigenvalue weighted by molar-refractivity contribution is 7.59. The molecule has 4 rings (SSSR count). The van der Waals surface area contributed by atoms with Crippen LogP contribution in [0.25, 0.3) is 0 Å². The van der Waals surface area contributed by atoms with Crippen molar-refractivity contribution >= 4 is 36.9 Å². The van der Waals surface area contributed by atoms with Gasteiger partial charge in [0, 0.05) is 29.8 Å². The van der Waals surface area contributed by atoms with Crippen LogP contribution < -0.4 is 10.6 Å². The number of nitrogens with one attached hydrogen (secondary N) is 2. The third kappa shape index (κ3) is 3.20. The van der Waals surface area contributed by atoms with Gasteiger partial charge in [-0.05, 0) is 30.7 Å². The highest BCUT2D eigenvalue weighted by Gasteiger charge is 2.39. The van der Waals surface area contributed by atoms with Crippen LogP contribution in [0.2, 0.25) is 0 Å². The van der Waals surface area contributed by atoms with Crippen LogP contribution >= 0.6 is 13.5 Å². The summed E-state index contributed by atoms with van der Waals surface area (Å²) < 4.78 is 5.31. The largest absolute Gasteiger partial charge is 0.467 e. The summed E-state index contributed by atoms with van der Waals surface area (Å²) in [6, 6.07) is 8.58. The van der Waals surface area contributed by atoms with E-state index in [0.29, 0.717) is 25.1 Å². The molecule has 0 spiro atoms. The van der Waals surface area contributed by atoms with Gasteiger partial charge in [-0.15, -0.1) is 0 Å². The summed E-state index contributed by atoms with van der Waals surface area (Å²) >= 11 is 0. The second-order valence-electron chi connectivity index (χ2n) is 6.16. The van der Waals surface area contributed by atoms with Crippen molar-refractivity contribution in [1.82, 2.24) is 10.2 Å². The average Bonchev–Trinajstić information content (AvgIpc) is 3.22. The van der Waals surface area contributed by atoms with Gasteiger partial charge in [0.1, 0.15) is 11.8 Å². The lowest BCUT2D eigenvalue weighted by Crippen LogP contribution is -2.52. The minimum Gasteiger partial charge on any atom is -0.467 e. The van der Waals surface area contributed by atoms with Crippen molar-refractivity contribution in [3.8, 4) is 0 Å². The molecule has 2 aliphatic rings. The predicted molar refractivity (Wildman–Crippen MR) is 98.9 cm³/mol. The fraction of sp³-hybridized carbons (Fsp3) is 0.278. The highest BCUT2D eigenvalue weighted by Crippen LogP contribution is 2.32. The molecule has 2 N–H and O–H groups in total. The Hall–Kier alpha value is -2.74. The van der Waals surface area contributed by atoms with Gasteiger partial charge in [0.2, 0.25) is 11.8 Å². The maximum absolute atomic E-state index is 12.7. The summed E-state index contributed by atoms with van der Waals surface area (Å²) in [5.41, 5.74) is 2.30. The second kappa shape index (κ2) is 7.25. The van der Waals surface area contributed by atoms with Crippen LogP contribution in [0.4, 0.5) is 5.69 Å². The monoisotopic (exact) mass is 373 g/mol. The minimum atomic E-state index is -0.601. The third-order valence-corrected chi connectivity index (χ3v) is 4.62. The molecule has 1 atom stereocenters. The Morgan fingerprint density at radius 2 is 2.04 bits per heavy atom. The Bertz CT molecular complexity index is 850. The molecule has 3 heterocycles. The average molecular weight is 373 g/mol. The number of fused-ring (bicyclic) bond motifs is 1. The molecule has 2 aromatic rings. The minimum absolute atomic E-state index is 0. The molecule has 3 amide bonds. The van der Waals surface area contributed by atoms with Crippen molar-refractivity contribution < 1.29 is 18.8 Å². The molecular formula is C18H19N3O4S. The molecule has 7 nitrogen and oxygen atoms in total. The number of hydrogen-bond acceptors (Lipinski definition) is 5. The fourth-order valence-electron chi connectivity index (χ4n) is 3.35. The fourth-order valence-corrected chi connectivity index (χ4v) is 3.35. The van der Waals surface area contributed by atoms with Gasteiger partial charge in [-0.25, -0.2) is 0 Å². The Kier molecular flexibility index (Phi) is 5.03. The van der Waals surface area contributed by atoms with Crippen LogP contribution in [0.1, 0.15) is 34.5 Å². The number of nitrogens with zero attached hydrogens (tertiary/aromatic N) is 1. The second-order valence-corrected chi connectivity index (χ2v) is 6.16. The molecular weight excluding hydrogens is 354 g/mol. The van der Waals surface area contributed by atoms with Gasteiger partial charge < -0.3 is 14.6 Å². The van der Waals surface area contributed by atoms with Crippen molar-refractivity contribution in [2.45, 2.75) is 32.0 Å². The molecule has 0 saturated carbocycles. The van der Waals surface area contributed by atoms with E-state index in [1.165, 1.54) is 0 Å². The van der Waals surface area contributed by atoms with Crippen LogP contribution in [0, 0.1) is 0 Å². The molecule has 26 heavy (non-hydrogen) atoms. The number of imide groups is 1. The number of amides is 3. The van der Waals surface area contributed by atoms with Gasteiger partial charge in [0.25, 0.3) is 5.91 Å². The summed E-state index contributed by atoms with van der Waals surface area (Å²) in [5.74, 6) is -0.0659. The van der Waals surface area contributed by atoms with Crippen LogP contribution in [-0.2, 0) is 22.7 Å². The van der Waals surface area contributed by atoms with E-state index in [2.05, 4.69) is 10.6 Å². The van der Waals surface area contributed by atoms with Gasteiger partial charge in [0.05, 0.1) is 12.8 Å². The summed E-state index contributed by atoms with van der Waals surface area (Å²) in [4.78, 5) is 37.7. The highest BCUT2D eigenvalue weighted by atomic mass is 32.1. The molecule has 1 fully saturated rings. The zero-order valence-corrected chi connectivity index (χ0v) is 15.0. The van der Waals surface area contributed by atoms with Crippen molar-refractivity contribution in [2.75, 3.05) is 5.32 Å². The van der Waals surface area contributed by atoms with Crippen LogP contribution in [0.15, 0.2) is 41.0 Å². The number of benzene rings is 1. The Balaban J connectivity index is 0.00000196. The molecule has 1 aromatic carbocycles. The van der Waals surface area contributed by atoms with Gasteiger partial charge in [-0.2, -0.15) is 13.5 Å². The summed E-state index contributed by atoms with van der Waals surface area (Å²) in [7, 11) is 0. The van der Waals surface area contributed by atoms with Gasteiger partial charge >= 0.3 is 0 Å². The molecule has 0 bridgehead atoms. The zero-order chi connectivity index (χ0) is 17.4. The number of piperidine rings is 1. The lowest BCUT2D eigenvalue weighted by molar-refractivity contribution is -0.136. The summed E-state index contributed by atoms with van der Waals surface area (Å²) in [6.07, 6.45) is 2.22. The Morgan fingerprint density at radius 1 is 1.19 bits per heavy atom. The number of anilines is 1. The number of hydrogen-bond donors (Lipinski definition) is 2. The first kappa shape index (κ1) is 18.1. The maximum atomic E-state index is 12.7. The maximum Gasteiger partial charge on any atom is 0.255 e. The van der Waals surface area contributed by atoms with E-state index < -0.39 is 11.9 Å². The normalized spacial score (nSPS) is 19.0. The Morgan fingerprint density at radius 3 is 2.77 bits per heavy atom.